The summed E-state index contributed by atoms with van der Waals surface area (Å²) in [6.07, 6.45) is 1.10. The molecule has 0 fully saturated rings. The van der Waals surface area contributed by atoms with E-state index in [4.69, 9.17) is 16.9 Å². The molecule has 2 nitrogen and oxygen atoms in total. The molecule has 0 aromatic heterocycles. The lowest BCUT2D eigenvalue weighted by molar-refractivity contribution is 0.676. The summed E-state index contributed by atoms with van der Waals surface area (Å²) in [5, 5.41) is 13.1. The van der Waals surface area contributed by atoms with Gasteiger partial charge in [-0.05, 0) is 53.9 Å². The summed E-state index contributed by atoms with van der Waals surface area (Å²) in [6, 6.07) is 15.8. The Hall–Kier alpha value is -1.82. The molecular formula is C17H17ClN2. The first-order chi connectivity index (χ1) is 9.74. The van der Waals surface area contributed by atoms with E-state index in [1.807, 2.05) is 36.4 Å². The number of benzene rings is 2. The molecule has 0 heterocycles. The predicted molar refractivity (Wildman–Crippen MR) is 83.6 cm³/mol. The first-order valence-corrected chi connectivity index (χ1v) is 7.12. The quantitative estimate of drug-likeness (QED) is 0.827. The molecule has 102 valence electrons. The number of nitrogens with one attached hydrogen (secondary N) is 1. The second-order valence-corrected chi connectivity index (χ2v) is 5.08. The van der Waals surface area contributed by atoms with E-state index in [2.05, 4.69) is 24.4 Å². The van der Waals surface area contributed by atoms with Crippen LogP contribution in [0.2, 0.25) is 5.02 Å². The van der Waals surface area contributed by atoms with Crippen LogP contribution in [0.25, 0.3) is 11.1 Å². The van der Waals surface area contributed by atoms with Crippen molar-refractivity contribution in [3.05, 3.63) is 58.6 Å². The van der Waals surface area contributed by atoms with Crippen molar-refractivity contribution in [2.75, 3.05) is 6.54 Å². The Morgan fingerprint density at radius 3 is 2.70 bits per heavy atom. The van der Waals surface area contributed by atoms with E-state index < -0.39 is 0 Å². The molecule has 0 aliphatic rings. The van der Waals surface area contributed by atoms with E-state index in [9.17, 15) is 0 Å². The van der Waals surface area contributed by atoms with Crippen LogP contribution in [0.15, 0.2) is 42.5 Å². The van der Waals surface area contributed by atoms with Gasteiger partial charge in [0, 0.05) is 11.6 Å². The van der Waals surface area contributed by atoms with Crippen molar-refractivity contribution in [3.63, 3.8) is 0 Å². The number of nitrogens with zero attached hydrogens (tertiary/aromatic N) is 1. The van der Waals surface area contributed by atoms with Gasteiger partial charge in [0.1, 0.15) is 0 Å². The normalized spacial score (nSPS) is 10.2. The Labute approximate surface area is 125 Å². The molecule has 3 heteroatoms. The lowest BCUT2D eigenvalue weighted by Crippen LogP contribution is -2.14. The smallest absolute Gasteiger partial charge is 0.0991 e. The van der Waals surface area contributed by atoms with Crippen molar-refractivity contribution in [1.82, 2.24) is 5.32 Å². The fourth-order valence-corrected chi connectivity index (χ4v) is 2.24. The lowest BCUT2D eigenvalue weighted by atomic mass is 10.0. The van der Waals surface area contributed by atoms with Crippen LogP contribution in [0.1, 0.15) is 24.5 Å². The molecule has 0 aliphatic heterocycles. The van der Waals surface area contributed by atoms with Gasteiger partial charge in [-0.15, -0.1) is 0 Å². The summed E-state index contributed by atoms with van der Waals surface area (Å²) in [5.41, 5.74) is 3.88. The number of nitriles is 1. The zero-order valence-electron chi connectivity index (χ0n) is 11.5. The van der Waals surface area contributed by atoms with Gasteiger partial charge in [-0.3, -0.25) is 0 Å². The Bertz CT molecular complexity index is 629. The Morgan fingerprint density at radius 1 is 1.15 bits per heavy atom. The van der Waals surface area contributed by atoms with Gasteiger partial charge in [0.05, 0.1) is 11.6 Å². The monoisotopic (exact) mass is 284 g/mol. The van der Waals surface area contributed by atoms with Gasteiger partial charge < -0.3 is 5.32 Å². The molecule has 0 saturated heterocycles. The summed E-state index contributed by atoms with van der Waals surface area (Å²) >= 11 is 6.23. The Morgan fingerprint density at radius 2 is 1.95 bits per heavy atom. The number of rotatable bonds is 5. The van der Waals surface area contributed by atoms with Crippen molar-refractivity contribution in [1.29, 1.82) is 5.26 Å². The molecule has 0 spiro atoms. The third kappa shape index (κ3) is 3.60. The molecule has 1 N–H and O–H groups in total. The maximum absolute atomic E-state index is 8.97. The molecule has 0 radical (unpaired) electrons. The van der Waals surface area contributed by atoms with Gasteiger partial charge in [-0.2, -0.15) is 5.26 Å². The zero-order chi connectivity index (χ0) is 14.4. The molecule has 0 bridgehead atoms. The van der Waals surface area contributed by atoms with E-state index >= 15 is 0 Å². The Kier molecular flexibility index (Phi) is 5.17. The second-order valence-electron chi connectivity index (χ2n) is 4.68. The summed E-state index contributed by atoms with van der Waals surface area (Å²) in [4.78, 5) is 0. The van der Waals surface area contributed by atoms with Crippen molar-refractivity contribution in [2.24, 2.45) is 0 Å². The predicted octanol–water partition coefficient (Wildman–Crippen LogP) is 4.38. The Balaban J connectivity index is 2.28. The molecule has 2 aromatic carbocycles. The lowest BCUT2D eigenvalue weighted by Gasteiger charge is -2.09. The molecular weight excluding hydrogens is 268 g/mol. The third-order valence-electron chi connectivity index (χ3n) is 3.11. The fraction of sp³-hybridized carbons (Fsp3) is 0.235. The van der Waals surface area contributed by atoms with Gasteiger partial charge in [-0.1, -0.05) is 36.7 Å². The average Bonchev–Trinajstić information content (AvgIpc) is 2.49. The van der Waals surface area contributed by atoms with Crippen molar-refractivity contribution >= 4 is 11.6 Å². The first kappa shape index (κ1) is 14.6. The standard InChI is InChI=1S/C17H17ClN2/c1-2-8-20-12-16-10-15(6-7-17(16)18)14-5-3-4-13(9-14)11-19/h3-7,9-10,20H,2,8,12H2,1H3. The molecule has 0 unspecified atom stereocenters. The van der Waals surface area contributed by atoms with Crippen LogP contribution in [0.5, 0.6) is 0 Å². The maximum atomic E-state index is 8.97. The SMILES string of the molecule is CCCNCc1cc(-c2cccc(C#N)c2)ccc1Cl. The van der Waals surface area contributed by atoms with Crippen LogP contribution in [0.3, 0.4) is 0 Å². The fourth-order valence-electron chi connectivity index (χ4n) is 2.06. The van der Waals surface area contributed by atoms with Gasteiger partial charge >= 0.3 is 0 Å². The van der Waals surface area contributed by atoms with E-state index in [1.165, 1.54) is 0 Å². The highest BCUT2D eigenvalue weighted by atomic mass is 35.5. The topological polar surface area (TPSA) is 35.8 Å². The summed E-state index contributed by atoms with van der Waals surface area (Å²) < 4.78 is 0. The largest absolute Gasteiger partial charge is 0.313 e. The van der Waals surface area contributed by atoms with Crippen LogP contribution >= 0.6 is 11.6 Å². The first-order valence-electron chi connectivity index (χ1n) is 6.74. The van der Waals surface area contributed by atoms with Crippen LogP contribution in [0.4, 0.5) is 0 Å². The minimum Gasteiger partial charge on any atom is -0.313 e. The minimum absolute atomic E-state index is 0.670. The van der Waals surface area contributed by atoms with Crippen LogP contribution in [-0.2, 0) is 6.54 Å². The maximum Gasteiger partial charge on any atom is 0.0991 e. The molecule has 0 saturated carbocycles. The summed E-state index contributed by atoms with van der Waals surface area (Å²) in [7, 11) is 0. The molecule has 0 aliphatic carbocycles. The highest BCUT2D eigenvalue weighted by Gasteiger charge is 2.04. The van der Waals surface area contributed by atoms with Gasteiger partial charge in [0.15, 0.2) is 0 Å². The van der Waals surface area contributed by atoms with Crippen LogP contribution in [-0.4, -0.2) is 6.54 Å². The summed E-state index contributed by atoms with van der Waals surface area (Å²) in [6.45, 7) is 3.88. The average molecular weight is 285 g/mol. The highest BCUT2D eigenvalue weighted by molar-refractivity contribution is 6.31. The van der Waals surface area contributed by atoms with Crippen molar-refractivity contribution in [3.8, 4) is 17.2 Å². The van der Waals surface area contributed by atoms with E-state index in [0.29, 0.717) is 5.56 Å². The van der Waals surface area contributed by atoms with Gasteiger partial charge in [0.2, 0.25) is 0 Å². The number of hydrogen-bond acceptors (Lipinski definition) is 2. The molecule has 2 aromatic rings. The van der Waals surface area contributed by atoms with E-state index in [1.54, 1.807) is 0 Å². The van der Waals surface area contributed by atoms with Gasteiger partial charge in [0.25, 0.3) is 0 Å². The van der Waals surface area contributed by atoms with Crippen molar-refractivity contribution < 1.29 is 0 Å². The molecule has 2 rings (SSSR count). The minimum atomic E-state index is 0.670. The van der Waals surface area contributed by atoms with Crippen LogP contribution < -0.4 is 5.32 Å². The molecule has 0 amide bonds. The van der Waals surface area contributed by atoms with E-state index in [-0.39, 0.29) is 0 Å². The highest BCUT2D eigenvalue weighted by Crippen LogP contribution is 2.25. The van der Waals surface area contributed by atoms with Crippen LogP contribution in [0, 0.1) is 11.3 Å². The third-order valence-corrected chi connectivity index (χ3v) is 3.48. The zero-order valence-corrected chi connectivity index (χ0v) is 12.2. The number of hydrogen-bond donors (Lipinski definition) is 1. The van der Waals surface area contributed by atoms with Crippen molar-refractivity contribution in [2.45, 2.75) is 19.9 Å². The second kappa shape index (κ2) is 7.09. The van der Waals surface area contributed by atoms with E-state index in [0.717, 1.165) is 41.2 Å². The molecule has 0 atom stereocenters. The number of halogens is 1. The van der Waals surface area contributed by atoms with Gasteiger partial charge in [-0.25, -0.2) is 0 Å². The summed E-state index contributed by atoms with van der Waals surface area (Å²) in [5.74, 6) is 0. The molecule has 20 heavy (non-hydrogen) atoms.